The molecule has 162 valence electrons. The van der Waals surface area contributed by atoms with Gasteiger partial charge in [-0.05, 0) is 54.4 Å². The van der Waals surface area contributed by atoms with Gasteiger partial charge in [0.1, 0.15) is 0 Å². The van der Waals surface area contributed by atoms with Crippen LogP contribution in [0.2, 0.25) is 0 Å². The third-order valence-corrected chi connectivity index (χ3v) is 4.41. The van der Waals surface area contributed by atoms with E-state index in [1.807, 2.05) is 19.1 Å². The Hall–Kier alpha value is -3.75. The van der Waals surface area contributed by atoms with Crippen LogP contribution in [0.1, 0.15) is 28.6 Å². The summed E-state index contributed by atoms with van der Waals surface area (Å²) in [6.07, 6.45) is -2.56. The largest absolute Gasteiger partial charge is 0.459 e. The summed E-state index contributed by atoms with van der Waals surface area (Å²) >= 11 is 0. The molecule has 0 atom stereocenters. The normalized spacial score (nSPS) is 11.1. The van der Waals surface area contributed by atoms with Gasteiger partial charge in [0.05, 0.1) is 18.4 Å². The summed E-state index contributed by atoms with van der Waals surface area (Å²) in [6, 6.07) is 13.3. The van der Waals surface area contributed by atoms with Gasteiger partial charge in [-0.3, -0.25) is 9.59 Å². The number of aryl methyl sites for hydroxylation is 1. The molecule has 3 N–H and O–H groups in total. The molecule has 0 unspecified atom stereocenters. The number of amides is 2. The maximum atomic E-state index is 13.5. The van der Waals surface area contributed by atoms with E-state index in [1.165, 1.54) is 24.5 Å². The fourth-order valence-electron chi connectivity index (χ4n) is 2.82. The highest BCUT2D eigenvalue weighted by Crippen LogP contribution is 2.36. The maximum Gasteiger partial charge on any atom is 0.418 e. The number of hydrogen-bond acceptors (Lipinski definition) is 4. The lowest BCUT2D eigenvalue weighted by Crippen LogP contribution is -2.23. The van der Waals surface area contributed by atoms with Crippen molar-refractivity contribution >= 4 is 28.9 Å². The molecule has 0 radical (unpaired) electrons. The summed E-state index contributed by atoms with van der Waals surface area (Å²) in [4.78, 5) is 24.1. The van der Waals surface area contributed by atoms with Crippen molar-refractivity contribution in [1.29, 1.82) is 0 Å². The smallest absolute Gasteiger partial charge is 0.418 e. The van der Waals surface area contributed by atoms with E-state index >= 15 is 0 Å². The minimum atomic E-state index is -4.69. The Morgan fingerprint density at radius 2 is 1.68 bits per heavy atom. The Labute approximate surface area is 176 Å². The van der Waals surface area contributed by atoms with Crippen LogP contribution in [0.5, 0.6) is 0 Å². The number of carbonyl (C=O) groups is 2. The van der Waals surface area contributed by atoms with Gasteiger partial charge in [-0.15, -0.1) is 0 Å². The number of nitrogens with one attached hydrogen (secondary N) is 3. The molecule has 31 heavy (non-hydrogen) atoms. The second kappa shape index (κ2) is 9.38. The van der Waals surface area contributed by atoms with E-state index in [1.54, 1.807) is 12.1 Å². The van der Waals surface area contributed by atoms with E-state index in [0.29, 0.717) is 5.69 Å². The number of benzene rings is 2. The summed E-state index contributed by atoms with van der Waals surface area (Å²) < 4.78 is 45.5. The zero-order valence-electron chi connectivity index (χ0n) is 16.5. The standard InChI is InChI=1S/C22H20F3N3O3/c1-2-14-5-7-15(8-6-14)27-20(29)13-26-18-10-9-16(12-17(18)22(23,24)25)28-21(30)19-4-3-11-31-19/h3-12,26H,2,13H2,1H3,(H,27,29)(H,28,30). The zero-order chi connectivity index (χ0) is 22.4. The monoisotopic (exact) mass is 431 g/mol. The lowest BCUT2D eigenvalue weighted by molar-refractivity contribution is -0.137. The van der Waals surface area contributed by atoms with Gasteiger partial charge in [0.2, 0.25) is 5.91 Å². The van der Waals surface area contributed by atoms with Crippen LogP contribution in [0.3, 0.4) is 0 Å². The molecule has 2 amide bonds. The van der Waals surface area contributed by atoms with Crippen LogP contribution in [0, 0.1) is 0 Å². The van der Waals surface area contributed by atoms with Crippen LogP contribution in [0.15, 0.2) is 65.3 Å². The molecule has 1 aromatic heterocycles. The number of halogens is 3. The van der Waals surface area contributed by atoms with Crippen molar-refractivity contribution in [2.24, 2.45) is 0 Å². The van der Waals surface area contributed by atoms with Crippen molar-refractivity contribution < 1.29 is 27.2 Å². The van der Waals surface area contributed by atoms with Crippen LogP contribution in [-0.4, -0.2) is 18.4 Å². The summed E-state index contributed by atoms with van der Waals surface area (Å²) in [7, 11) is 0. The summed E-state index contributed by atoms with van der Waals surface area (Å²) in [5, 5.41) is 7.48. The number of rotatable bonds is 7. The molecule has 0 saturated carbocycles. The number of alkyl halides is 3. The highest BCUT2D eigenvalue weighted by molar-refractivity contribution is 6.02. The average Bonchev–Trinajstić information content (AvgIpc) is 3.28. The Balaban J connectivity index is 1.68. The van der Waals surface area contributed by atoms with Gasteiger partial charge in [0.15, 0.2) is 5.76 Å². The molecule has 2 aromatic carbocycles. The molecule has 6 nitrogen and oxygen atoms in total. The van der Waals surface area contributed by atoms with Crippen molar-refractivity contribution in [3.8, 4) is 0 Å². The molecule has 0 saturated heterocycles. The Morgan fingerprint density at radius 3 is 2.29 bits per heavy atom. The Morgan fingerprint density at radius 1 is 0.968 bits per heavy atom. The molecule has 0 spiro atoms. The first-order chi connectivity index (χ1) is 14.8. The second-order valence-electron chi connectivity index (χ2n) is 6.64. The molecule has 0 fully saturated rings. The molecular formula is C22H20F3N3O3. The third-order valence-electron chi connectivity index (χ3n) is 4.41. The van der Waals surface area contributed by atoms with Crippen molar-refractivity contribution in [3.05, 3.63) is 77.7 Å². The quantitative estimate of drug-likeness (QED) is 0.482. The van der Waals surface area contributed by atoms with Gasteiger partial charge in [-0.25, -0.2) is 0 Å². The van der Waals surface area contributed by atoms with E-state index in [-0.39, 0.29) is 23.7 Å². The first-order valence-corrected chi connectivity index (χ1v) is 9.45. The first-order valence-electron chi connectivity index (χ1n) is 9.45. The van der Waals surface area contributed by atoms with Crippen LogP contribution >= 0.6 is 0 Å². The SMILES string of the molecule is CCc1ccc(NC(=O)CNc2ccc(NC(=O)c3ccco3)cc2C(F)(F)F)cc1. The number of carbonyl (C=O) groups excluding carboxylic acids is 2. The van der Waals surface area contributed by atoms with Crippen LogP contribution in [0.4, 0.5) is 30.2 Å². The topological polar surface area (TPSA) is 83.4 Å². The first kappa shape index (κ1) is 21.9. The van der Waals surface area contributed by atoms with Gasteiger partial charge < -0.3 is 20.4 Å². The number of hydrogen-bond donors (Lipinski definition) is 3. The number of furan rings is 1. The van der Waals surface area contributed by atoms with Crippen LogP contribution in [0.25, 0.3) is 0 Å². The predicted octanol–water partition coefficient (Wildman–Crippen LogP) is 5.16. The molecule has 1 heterocycles. The van der Waals surface area contributed by atoms with E-state index in [4.69, 9.17) is 4.42 Å². The molecule has 9 heteroatoms. The average molecular weight is 431 g/mol. The highest BCUT2D eigenvalue weighted by atomic mass is 19.4. The van der Waals surface area contributed by atoms with Gasteiger partial charge in [-0.2, -0.15) is 13.2 Å². The molecule has 3 rings (SSSR count). The van der Waals surface area contributed by atoms with Gasteiger partial charge in [-0.1, -0.05) is 19.1 Å². The van der Waals surface area contributed by atoms with Gasteiger partial charge >= 0.3 is 6.18 Å². The summed E-state index contributed by atoms with van der Waals surface area (Å²) in [5.41, 5.74) is 0.311. The van der Waals surface area contributed by atoms with E-state index in [0.717, 1.165) is 24.1 Å². The third kappa shape index (κ3) is 5.88. The van der Waals surface area contributed by atoms with Crippen molar-refractivity contribution in [2.45, 2.75) is 19.5 Å². The lowest BCUT2D eigenvalue weighted by atomic mass is 10.1. The van der Waals surface area contributed by atoms with Crippen molar-refractivity contribution in [2.75, 3.05) is 22.5 Å². The van der Waals surface area contributed by atoms with Crippen molar-refractivity contribution in [1.82, 2.24) is 0 Å². The number of anilines is 3. The summed E-state index contributed by atoms with van der Waals surface area (Å²) in [5.74, 6) is -1.20. The minimum absolute atomic E-state index is 0.0283. The van der Waals surface area contributed by atoms with Crippen LogP contribution in [-0.2, 0) is 17.4 Å². The highest BCUT2D eigenvalue weighted by Gasteiger charge is 2.34. The van der Waals surface area contributed by atoms with Crippen molar-refractivity contribution in [3.63, 3.8) is 0 Å². The van der Waals surface area contributed by atoms with Gasteiger partial charge in [0.25, 0.3) is 5.91 Å². The molecule has 0 bridgehead atoms. The zero-order valence-corrected chi connectivity index (χ0v) is 16.5. The maximum absolute atomic E-state index is 13.5. The van der Waals surface area contributed by atoms with E-state index < -0.39 is 23.6 Å². The summed E-state index contributed by atoms with van der Waals surface area (Å²) in [6.45, 7) is 1.64. The predicted molar refractivity (Wildman–Crippen MR) is 111 cm³/mol. The fourth-order valence-corrected chi connectivity index (χ4v) is 2.82. The molecule has 3 aromatic rings. The lowest BCUT2D eigenvalue weighted by Gasteiger charge is -2.16. The molecular weight excluding hydrogens is 411 g/mol. The van der Waals surface area contributed by atoms with Gasteiger partial charge in [0, 0.05) is 17.1 Å². The van der Waals surface area contributed by atoms with Crippen LogP contribution < -0.4 is 16.0 Å². The molecule has 0 aliphatic rings. The fraction of sp³-hybridized carbons (Fsp3) is 0.182. The second-order valence-corrected chi connectivity index (χ2v) is 6.64. The van der Waals surface area contributed by atoms with E-state index in [2.05, 4.69) is 16.0 Å². The molecule has 0 aliphatic heterocycles. The van der Waals surface area contributed by atoms with E-state index in [9.17, 15) is 22.8 Å². The minimum Gasteiger partial charge on any atom is -0.459 e. The Bertz CT molecular complexity index is 1050. The molecule has 0 aliphatic carbocycles. The Kier molecular flexibility index (Phi) is 6.64.